The van der Waals surface area contributed by atoms with Gasteiger partial charge in [0.15, 0.2) is 0 Å². The van der Waals surface area contributed by atoms with E-state index in [4.69, 9.17) is 5.11 Å². The van der Waals surface area contributed by atoms with Gasteiger partial charge in [0.2, 0.25) is 10.0 Å². The van der Waals surface area contributed by atoms with Crippen LogP contribution in [0.4, 0.5) is 0 Å². The Bertz CT molecular complexity index is 294. The molecule has 16 heavy (non-hydrogen) atoms. The highest BCUT2D eigenvalue weighted by molar-refractivity contribution is 7.89. The fourth-order valence-corrected chi connectivity index (χ4v) is 3.55. The third kappa shape index (κ3) is 4.03. The first-order chi connectivity index (χ1) is 7.54. The third-order valence-corrected chi connectivity index (χ3v) is 5.06. The molecule has 1 aliphatic carbocycles. The van der Waals surface area contributed by atoms with Gasteiger partial charge in [0.25, 0.3) is 0 Å². The maximum absolute atomic E-state index is 11.6. The molecule has 0 amide bonds. The van der Waals surface area contributed by atoms with Gasteiger partial charge >= 0.3 is 0 Å². The number of nitrogens with one attached hydrogen (secondary N) is 1. The molecule has 0 unspecified atom stereocenters. The predicted octanol–water partition coefficient (Wildman–Crippen LogP) is 1.26. The molecule has 0 aromatic heterocycles. The molecule has 2 N–H and O–H groups in total. The van der Waals surface area contributed by atoms with Gasteiger partial charge in [0.05, 0.1) is 5.75 Å². The first-order valence-electron chi connectivity index (χ1n) is 6.12. The van der Waals surface area contributed by atoms with Crippen LogP contribution in [0, 0.1) is 5.41 Å². The van der Waals surface area contributed by atoms with Crippen LogP contribution in [-0.4, -0.2) is 32.4 Å². The van der Waals surface area contributed by atoms with Gasteiger partial charge < -0.3 is 5.11 Å². The molecule has 0 aliphatic heterocycles. The van der Waals surface area contributed by atoms with E-state index >= 15 is 0 Å². The second-order valence-electron chi connectivity index (χ2n) is 4.78. The van der Waals surface area contributed by atoms with Crippen molar-refractivity contribution in [2.75, 3.05) is 18.9 Å². The molecule has 0 bridgehead atoms. The van der Waals surface area contributed by atoms with E-state index < -0.39 is 10.0 Å². The molecule has 0 saturated heterocycles. The van der Waals surface area contributed by atoms with E-state index in [1.807, 2.05) is 0 Å². The molecule has 1 saturated carbocycles. The number of rotatable bonds is 7. The molecule has 4 nitrogen and oxygen atoms in total. The van der Waals surface area contributed by atoms with Crippen LogP contribution in [0.5, 0.6) is 0 Å². The Morgan fingerprint density at radius 1 is 1.31 bits per heavy atom. The largest absolute Gasteiger partial charge is 0.396 e. The van der Waals surface area contributed by atoms with Gasteiger partial charge in [-0.05, 0) is 31.1 Å². The molecule has 0 heterocycles. The molecule has 0 aromatic rings. The van der Waals surface area contributed by atoms with E-state index in [9.17, 15) is 8.42 Å². The Morgan fingerprint density at radius 3 is 2.44 bits per heavy atom. The lowest BCUT2D eigenvalue weighted by atomic mass is 9.84. The average Bonchev–Trinajstić information content (AvgIpc) is 2.74. The second-order valence-corrected chi connectivity index (χ2v) is 6.70. The van der Waals surface area contributed by atoms with Gasteiger partial charge in [-0.25, -0.2) is 13.1 Å². The van der Waals surface area contributed by atoms with Gasteiger partial charge in [0, 0.05) is 13.2 Å². The van der Waals surface area contributed by atoms with Crippen molar-refractivity contribution in [3.05, 3.63) is 0 Å². The zero-order valence-corrected chi connectivity index (χ0v) is 10.9. The minimum atomic E-state index is -3.19. The van der Waals surface area contributed by atoms with Crippen LogP contribution in [0.2, 0.25) is 0 Å². The number of hydrogen-bond donors (Lipinski definition) is 2. The normalized spacial score (nSPS) is 20.1. The highest BCUT2D eigenvalue weighted by atomic mass is 32.2. The van der Waals surface area contributed by atoms with Crippen LogP contribution < -0.4 is 4.72 Å². The van der Waals surface area contributed by atoms with Crippen LogP contribution >= 0.6 is 0 Å². The molecule has 0 aromatic carbocycles. The molecule has 1 fully saturated rings. The summed E-state index contributed by atoms with van der Waals surface area (Å²) in [7, 11) is -3.19. The topological polar surface area (TPSA) is 66.4 Å². The summed E-state index contributed by atoms with van der Waals surface area (Å²) in [4.78, 5) is 0. The molecule has 0 spiro atoms. The number of aliphatic hydroxyl groups excluding tert-OH is 1. The molecule has 1 rings (SSSR count). The lowest BCUT2D eigenvalue weighted by Gasteiger charge is -2.27. The monoisotopic (exact) mass is 249 g/mol. The van der Waals surface area contributed by atoms with Crippen molar-refractivity contribution < 1.29 is 13.5 Å². The van der Waals surface area contributed by atoms with Crippen molar-refractivity contribution >= 4 is 10.0 Å². The summed E-state index contributed by atoms with van der Waals surface area (Å²) in [5.41, 5.74) is 0.187. The summed E-state index contributed by atoms with van der Waals surface area (Å²) in [5, 5.41) is 8.61. The Balaban J connectivity index is 2.43. The molecular weight excluding hydrogens is 226 g/mol. The average molecular weight is 249 g/mol. The summed E-state index contributed by atoms with van der Waals surface area (Å²) in [6.45, 7) is 2.63. The maximum atomic E-state index is 11.6. The fourth-order valence-electron chi connectivity index (χ4n) is 2.37. The molecular formula is C11H23NO3S. The van der Waals surface area contributed by atoms with Crippen LogP contribution in [0.3, 0.4) is 0 Å². The summed E-state index contributed by atoms with van der Waals surface area (Å²) >= 11 is 0. The number of sulfonamides is 1. The fraction of sp³-hybridized carbons (Fsp3) is 1.00. The van der Waals surface area contributed by atoms with Gasteiger partial charge in [0.1, 0.15) is 0 Å². The SMILES string of the molecule is CCC1(CNS(=O)(=O)CCCO)CCCC1. The highest BCUT2D eigenvalue weighted by Crippen LogP contribution is 2.40. The van der Waals surface area contributed by atoms with E-state index in [1.165, 1.54) is 12.8 Å². The number of hydrogen-bond acceptors (Lipinski definition) is 3. The Hall–Kier alpha value is -0.130. The molecule has 0 atom stereocenters. The van der Waals surface area contributed by atoms with E-state index in [0.29, 0.717) is 13.0 Å². The van der Waals surface area contributed by atoms with Crippen molar-refractivity contribution in [3.63, 3.8) is 0 Å². The Morgan fingerprint density at radius 2 is 1.94 bits per heavy atom. The summed E-state index contributed by atoms with van der Waals surface area (Å²) in [5.74, 6) is 0.0310. The predicted molar refractivity (Wildman–Crippen MR) is 64.7 cm³/mol. The van der Waals surface area contributed by atoms with Gasteiger partial charge in [-0.15, -0.1) is 0 Å². The van der Waals surface area contributed by atoms with Gasteiger partial charge in [-0.2, -0.15) is 0 Å². The van der Waals surface area contributed by atoms with Crippen LogP contribution in [0.25, 0.3) is 0 Å². The van der Waals surface area contributed by atoms with Crippen molar-refractivity contribution in [3.8, 4) is 0 Å². The lowest BCUT2D eigenvalue weighted by molar-refractivity contribution is 0.284. The zero-order valence-electron chi connectivity index (χ0n) is 10.0. The van der Waals surface area contributed by atoms with E-state index in [1.54, 1.807) is 0 Å². The van der Waals surface area contributed by atoms with Gasteiger partial charge in [-0.3, -0.25) is 0 Å². The van der Waals surface area contributed by atoms with E-state index in [2.05, 4.69) is 11.6 Å². The minimum absolute atomic E-state index is 0.0310. The summed E-state index contributed by atoms with van der Waals surface area (Å²) in [6, 6.07) is 0. The van der Waals surface area contributed by atoms with Crippen LogP contribution in [-0.2, 0) is 10.0 Å². The van der Waals surface area contributed by atoms with Gasteiger partial charge in [-0.1, -0.05) is 19.8 Å². The van der Waals surface area contributed by atoms with Crippen LogP contribution in [0.1, 0.15) is 45.4 Å². The summed E-state index contributed by atoms with van der Waals surface area (Å²) in [6.07, 6.45) is 6.04. The van der Waals surface area contributed by atoms with Crippen molar-refractivity contribution in [2.24, 2.45) is 5.41 Å². The first-order valence-corrected chi connectivity index (χ1v) is 7.77. The Labute approximate surface area is 98.5 Å². The third-order valence-electron chi connectivity index (χ3n) is 3.65. The summed E-state index contributed by atoms with van der Waals surface area (Å²) < 4.78 is 25.9. The van der Waals surface area contributed by atoms with E-state index in [0.717, 1.165) is 19.3 Å². The second kappa shape index (κ2) is 5.98. The standard InChI is InChI=1S/C11H23NO3S/c1-2-11(6-3-4-7-11)10-12-16(14,15)9-5-8-13/h12-13H,2-10H2,1H3. The minimum Gasteiger partial charge on any atom is -0.396 e. The quantitative estimate of drug-likeness (QED) is 0.714. The molecule has 0 radical (unpaired) electrons. The highest BCUT2D eigenvalue weighted by Gasteiger charge is 2.32. The van der Waals surface area contributed by atoms with Crippen LogP contribution in [0.15, 0.2) is 0 Å². The molecule has 1 aliphatic rings. The number of aliphatic hydroxyl groups is 1. The zero-order chi connectivity index (χ0) is 12.1. The molecule has 96 valence electrons. The maximum Gasteiger partial charge on any atom is 0.211 e. The molecule has 5 heteroatoms. The Kier molecular flexibility index (Phi) is 5.21. The van der Waals surface area contributed by atoms with Crippen molar-refractivity contribution in [2.45, 2.75) is 45.4 Å². The lowest BCUT2D eigenvalue weighted by Crippen LogP contribution is -2.37. The van der Waals surface area contributed by atoms with Crippen molar-refractivity contribution in [1.82, 2.24) is 4.72 Å². The smallest absolute Gasteiger partial charge is 0.211 e. The van der Waals surface area contributed by atoms with E-state index in [-0.39, 0.29) is 17.8 Å². The first kappa shape index (κ1) is 13.9. The van der Waals surface area contributed by atoms with Crippen molar-refractivity contribution in [1.29, 1.82) is 0 Å².